The first-order valence-electron chi connectivity index (χ1n) is 12.2. The van der Waals surface area contributed by atoms with Gasteiger partial charge < -0.3 is 11.1 Å². The zero-order valence-electron chi connectivity index (χ0n) is 21.0. The van der Waals surface area contributed by atoms with E-state index in [-0.39, 0.29) is 11.9 Å². The Hall–Kier alpha value is -4.08. The highest BCUT2D eigenvalue weighted by Crippen LogP contribution is 2.34. The monoisotopic (exact) mass is 572 g/mol. The molecule has 0 spiro atoms. The Labute approximate surface area is 230 Å². The molecule has 0 bridgehead atoms. The summed E-state index contributed by atoms with van der Waals surface area (Å²) >= 11 is 3.40. The number of hydrogen-bond acceptors (Lipinski definition) is 6. The maximum absolute atomic E-state index is 12.8. The second-order valence-electron chi connectivity index (χ2n) is 8.68. The van der Waals surface area contributed by atoms with Crippen molar-refractivity contribution >= 4 is 50.2 Å². The molecule has 1 atom stereocenters. The van der Waals surface area contributed by atoms with Gasteiger partial charge in [-0.05, 0) is 73.4 Å². The van der Waals surface area contributed by atoms with E-state index in [1.165, 1.54) is 6.33 Å². The van der Waals surface area contributed by atoms with Gasteiger partial charge in [-0.25, -0.2) is 15.4 Å². The number of nitrogens with two attached hydrogens (primary N) is 1. The van der Waals surface area contributed by atoms with Crippen LogP contribution in [-0.2, 0) is 0 Å². The summed E-state index contributed by atoms with van der Waals surface area (Å²) in [5, 5.41) is 5.67. The summed E-state index contributed by atoms with van der Waals surface area (Å²) in [5.74, 6) is -0.120. The summed E-state index contributed by atoms with van der Waals surface area (Å²) in [6, 6.07) is 20.1. The number of carbonyl (C=O) groups excluding carboxylic acids is 2. The van der Waals surface area contributed by atoms with Gasteiger partial charge >= 0.3 is 0 Å². The average molecular weight is 573 g/mol. The molecule has 2 amide bonds. The van der Waals surface area contributed by atoms with Crippen LogP contribution in [0.15, 0.2) is 90.2 Å². The molecule has 0 saturated heterocycles. The minimum absolute atomic E-state index is 0.153. The van der Waals surface area contributed by atoms with E-state index < -0.39 is 5.91 Å². The molecule has 0 aliphatic carbocycles. The van der Waals surface area contributed by atoms with Gasteiger partial charge in [0.2, 0.25) is 0 Å². The van der Waals surface area contributed by atoms with E-state index in [0.717, 1.165) is 29.3 Å². The average Bonchev–Trinajstić information content (AvgIpc) is 2.92. The van der Waals surface area contributed by atoms with Crippen LogP contribution < -0.4 is 21.5 Å². The van der Waals surface area contributed by atoms with Gasteiger partial charge in [0, 0.05) is 28.2 Å². The van der Waals surface area contributed by atoms with Crippen LogP contribution in [0.5, 0.6) is 0 Å². The van der Waals surface area contributed by atoms with Crippen LogP contribution in [0.3, 0.4) is 0 Å². The van der Waals surface area contributed by atoms with E-state index in [1.54, 1.807) is 24.3 Å². The number of primary amides is 1. The number of amides is 2. The molecule has 0 aliphatic rings. The summed E-state index contributed by atoms with van der Waals surface area (Å²) in [4.78, 5) is 33.8. The predicted octanol–water partition coefficient (Wildman–Crippen LogP) is 5.78. The number of hydrogen-bond donors (Lipinski definition) is 3. The molecule has 0 aliphatic heterocycles. The van der Waals surface area contributed by atoms with Crippen molar-refractivity contribution in [2.45, 2.75) is 25.3 Å². The highest BCUT2D eigenvalue weighted by molar-refractivity contribution is 9.10. The fourth-order valence-electron chi connectivity index (χ4n) is 4.40. The number of benzene rings is 3. The van der Waals surface area contributed by atoms with Crippen molar-refractivity contribution in [2.75, 3.05) is 17.4 Å². The SMILES string of the molecule is C=CCCCC(c1cccc(NC(=O)c2ccc(Br)cc2)c1)N(NC)c1ncnc2c(C(N)=O)cccc12. The normalized spacial score (nSPS) is 11.6. The second-order valence-corrected chi connectivity index (χ2v) is 9.59. The lowest BCUT2D eigenvalue weighted by molar-refractivity contribution is 0.0998. The fraction of sp³-hybridized carbons (Fsp3) is 0.172. The van der Waals surface area contributed by atoms with Crippen LogP contribution in [0.2, 0.25) is 0 Å². The van der Waals surface area contributed by atoms with Gasteiger partial charge in [-0.1, -0.05) is 40.2 Å². The summed E-state index contributed by atoms with van der Waals surface area (Å²) < 4.78 is 0.908. The van der Waals surface area contributed by atoms with E-state index >= 15 is 0 Å². The van der Waals surface area contributed by atoms with Gasteiger partial charge in [0.1, 0.15) is 6.33 Å². The van der Waals surface area contributed by atoms with Crippen molar-refractivity contribution in [3.05, 3.63) is 107 Å². The minimum Gasteiger partial charge on any atom is -0.366 e. The van der Waals surface area contributed by atoms with Crippen LogP contribution in [0, 0.1) is 0 Å². The molecular formula is C29H29BrN6O2. The Kier molecular flexibility index (Phi) is 8.83. The van der Waals surface area contributed by atoms with Gasteiger partial charge in [-0.2, -0.15) is 0 Å². The molecule has 1 heterocycles. The Bertz CT molecular complexity index is 1460. The second kappa shape index (κ2) is 12.4. The molecule has 8 nitrogen and oxygen atoms in total. The molecule has 1 unspecified atom stereocenters. The first-order chi connectivity index (χ1) is 18.4. The third-order valence-corrected chi connectivity index (χ3v) is 6.74. The Morgan fingerprint density at radius 1 is 1.11 bits per heavy atom. The molecule has 1 aromatic heterocycles. The van der Waals surface area contributed by atoms with E-state index in [1.807, 2.05) is 60.6 Å². The first-order valence-corrected chi connectivity index (χ1v) is 13.0. The number of allylic oxidation sites excluding steroid dienone is 1. The number of hydrazine groups is 1. The van der Waals surface area contributed by atoms with E-state index in [4.69, 9.17) is 5.73 Å². The number of nitrogens with zero attached hydrogens (tertiary/aromatic N) is 3. The molecule has 3 aromatic carbocycles. The number of aromatic nitrogens is 2. The first kappa shape index (κ1) is 27.0. The Morgan fingerprint density at radius 2 is 1.87 bits per heavy atom. The highest BCUT2D eigenvalue weighted by atomic mass is 79.9. The lowest BCUT2D eigenvalue weighted by Gasteiger charge is -2.33. The van der Waals surface area contributed by atoms with Gasteiger partial charge in [0.15, 0.2) is 5.82 Å². The van der Waals surface area contributed by atoms with Crippen molar-refractivity contribution in [1.82, 2.24) is 15.4 Å². The number of carbonyl (C=O) groups is 2. The lowest BCUT2D eigenvalue weighted by Crippen LogP contribution is -2.39. The number of unbranched alkanes of at least 4 members (excludes halogenated alkanes) is 1. The van der Waals surface area contributed by atoms with Crippen LogP contribution in [0.25, 0.3) is 10.9 Å². The van der Waals surface area contributed by atoms with Gasteiger partial charge in [-0.15, -0.1) is 6.58 Å². The number of para-hydroxylation sites is 1. The minimum atomic E-state index is -0.548. The quantitative estimate of drug-likeness (QED) is 0.119. The molecule has 194 valence electrons. The maximum atomic E-state index is 12.8. The van der Waals surface area contributed by atoms with Crippen LogP contribution in [0.4, 0.5) is 11.5 Å². The predicted molar refractivity (Wildman–Crippen MR) is 155 cm³/mol. The highest BCUT2D eigenvalue weighted by Gasteiger charge is 2.24. The number of halogens is 1. The Morgan fingerprint density at radius 3 is 2.58 bits per heavy atom. The van der Waals surface area contributed by atoms with Crippen molar-refractivity contribution in [1.29, 1.82) is 0 Å². The summed E-state index contributed by atoms with van der Waals surface area (Å²) in [5.41, 5.74) is 11.9. The van der Waals surface area contributed by atoms with Crippen molar-refractivity contribution in [3.8, 4) is 0 Å². The number of nitrogens with one attached hydrogen (secondary N) is 2. The lowest BCUT2D eigenvalue weighted by atomic mass is 9.99. The molecule has 9 heteroatoms. The molecule has 0 fully saturated rings. The van der Waals surface area contributed by atoms with Gasteiger partial charge in [0.05, 0.1) is 17.1 Å². The number of fused-ring (bicyclic) bond motifs is 1. The topological polar surface area (TPSA) is 113 Å². The molecular weight excluding hydrogens is 544 g/mol. The molecule has 38 heavy (non-hydrogen) atoms. The maximum Gasteiger partial charge on any atom is 0.255 e. The Balaban J connectivity index is 1.72. The van der Waals surface area contributed by atoms with Crippen LogP contribution in [0.1, 0.15) is 51.6 Å². The zero-order valence-corrected chi connectivity index (χ0v) is 22.6. The molecule has 4 N–H and O–H groups in total. The zero-order chi connectivity index (χ0) is 27.1. The molecule has 4 rings (SSSR count). The summed E-state index contributed by atoms with van der Waals surface area (Å²) in [6.45, 7) is 3.86. The number of rotatable bonds is 11. The van der Waals surface area contributed by atoms with E-state index in [2.05, 4.69) is 43.2 Å². The summed E-state index contributed by atoms with van der Waals surface area (Å²) in [6.07, 6.45) is 5.85. The molecule has 4 aromatic rings. The third kappa shape index (κ3) is 6.07. The van der Waals surface area contributed by atoms with Crippen molar-refractivity contribution < 1.29 is 9.59 Å². The van der Waals surface area contributed by atoms with Crippen molar-refractivity contribution in [2.24, 2.45) is 5.73 Å². The number of anilines is 2. The summed E-state index contributed by atoms with van der Waals surface area (Å²) in [7, 11) is 1.82. The smallest absolute Gasteiger partial charge is 0.255 e. The van der Waals surface area contributed by atoms with Gasteiger partial charge in [0.25, 0.3) is 11.8 Å². The van der Waals surface area contributed by atoms with Crippen LogP contribution in [-0.4, -0.2) is 28.8 Å². The van der Waals surface area contributed by atoms with Crippen molar-refractivity contribution in [3.63, 3.8) is 0 Å². The largest absolute Gasteiger partial charge is 0.366 e. The standard InChI is InChI=1S/C29H29BrN6O2/c1-3-4-5-12-25(20-8-6-9-22(17-20)35-29(38)19-13-15-21(30)16-14-19)36(32-2)28-24-11-7-10-23(27(31)37)26(24)33-18-34-28/h3,6-11,13-18,25,32H,1,4-5,12H2,2H3,(H2,31,37)(H,35,38). The van der Waals surface area contributed by atoms with Crippen LogP contribution >= 0.6 is 15.9 Å². The molecule has 0 radical (unpaired) electrons. The van der Waals surface area contributed by atoms with Gasteiger partial charge in [-0.3, -0.25) is 14.6 Å². The van der Waals surface area contributed by atoms with E-state index in [0.29, 0.717) is 33.5 Å². The fourth-order valence-corrected chi connectivity index (χ4v) is 4.67. The third-order valence-electron chi connectivity index (χ3n) is 6.21. The molecule has 0 saturated carbocycles. The van der Waals surface area contributed by atoms with E-state index in [9.17, 15) is 9.59 Å².